The first-order valence-corrected chi connectivity index (χ1v) is 39.7. The van der Waals surface area contributed by atoms with Crippen molar-refractivity contribution in [2.24, 2.45) is 0 Å². The molecule has 1 N–H and O–H groups in total. The van der Waals surface area contributed by atoms with Gasteiger partial charge in [0.1, 0.15) is 13.2 Å². The van der Waals surface area contributed by atoms with E-state index in [1.54, 1.807) is 0 Å². The van der Waals surface area contributed by atoms with Crippen molar-refractivity contribution in [2.45, 2.75) is 418 Å². The summed E-state index contributed by atoms with van der Waals surface area (Å²) in [6, 6.07) is 0. The van der Waals surface area contributed by atoms with Crippen LogP contribution in [0.15, 0.2) is 36.5 Å². The fourth-order valence-corrected chi connectivity index (χ4v) is 12.1. The number of carbonyl (C=O) groups excluding carboxylic acids is 2. The van der Waals surface area contributed by atoms with Gasteiger partial charge in [-0.2, -0.15) is 0 Å². The Balaban J connectivity index is 3.97. The van der Waals surface area contributed by atoms with Crippen molar-refractivity contribution < 1.29 is 42.9 Å². The van der Waals surface area contributed by atoms with E-state index in [0.29, 0.717) is 17.4 Å². The van der Waals surface area contributed by atoms with Gasteiger partial charge in [-0.05, 0) is 51.4 Å². The lowest BCUT2D eigenvalue weighted by Crippen LogP contribution is -2.40. The molecule has 530 valence electrons. The summed E-state index contributed by atoms with van der Waals surface area (Å²) in [5.74, 6) is -1.98. The summed E-state index contributed by atoms with van der Waals surface area (Å²) < 4.78 is 23.1. The Bertz CT molecular complexity index is 1570. The van der Waals surface area contributed by atoms with E-state index in [4.69, 9.17) is 18.9 Å². The molecule has 0 aliphatic rings. The number of quaternary nitrogens is 1. The molecule has 0 amide bonds. The van der Waals surface area contributed by atoms with E-state index < -0.39 is 18.4 Å². The summed E-state index contributed by atoms with van der Waals surface area (Å²) in [4.78, 5) is 37.7. The molecule has 0 aromatic heterocycles. The Kier molecular flexibility index (Phi) is 70.3. The number of hydrogen-bond acceptors (Lipinski definition) is 7. The van der Waals surface area contributed by atoms with E-state index in [1.807, 2.05) is 21.1 Å². The van der Waals surface area contributed by atoms with Gasteiger partial charge in [0.05, 0.1) is 34.4 Å². The number of carbonyl (C=O) groups is 3. The molecule has 90 heavy (non-hydrogen) atoms. The Morgan fingerprint density at radius 3 is 0.889 bits per heavy atom. The molecule has 0 fully saturated rings. The number of unbranched alkanes of at least 4 members (excludes halogenated alkanes) is 54. The summed E-state index contributed by atoms with van der Waals surface area (Å²) in [6.45, 7) is 4.94. The van der Waals surface area contributed by atoms with Crippen LogP contribution < -0.4 is 0 Å². The topological polar surface area (TPSA) is 108 Å². The van der Waals surface area contributed by atoms with Gasteiger partial charge in [-0.1, -0.05) is 378 Å². The first kappa shape index (κ1) is 87.5. The highest BCUT2D eigenvalue weighted by molar-refractivity contribution is 5.71. The first-order valence-electron chi connectivity index (χ1n) is 39.7. The third-order valence-electron chi connectivity index (χ3n) is 18.1. The standard InChI is InChI=1S/C81H153NO8/c1-6-8-10-12-14-16-18-20-22-24-26-28-30-32-34-36-37-38-39-40-41-42-44-45-47-49-51-53-55-57-59-61-63-65-67-69-71-78(83)88-75-77(76-89-81(80(85)86)87-74-73-82(3,4)5)90-79(84)72-70-68-66-64-62-60-58-56-54-52-50-48-46-43-35-33-31-29-27-25-23-21-19-17-15-13-11-9-7-2/h19,21,25,27,31,33,77,81H,6-18,20,22-24,26,28-30,32,34-76H2,1-5H3/p+1/b21-19-,27-25-,33-31-. The highest BCUT2D eigenvalue weighted by Gasteiger charge is 2.25. The molecule has 0 rings (SSSR count). The number of aliphatic carboxylic acids is 1. The van der Waals surface area contributed by atoms with Crippen LogP contribution in [0.2, 0.25) is 0 Å². The van der Waals surface area contributed by atoms with Crippen LogP contribution in [0, 0.1) is 0 Å². The molecular weight excluding hydrogens is 1110 g/mol. The molecule has 0 aromatic carbocycles. The monoisotopic (exact) mass is 1270 g/mol. The molecular formula is C81H154NO8+. The van der Waals surface area contributed by atoms with Crippen LogP contribution in [0.5, 0.6) is 0 Å². The minimum Gasteiger partial charge on any atom is -0.477 e. The normalized spacial score (nSPS) is 12.8. The highest BCUT2D eigenvalue weighted by atomic mass is 16.7. The molecule has 0 aliphatic heterocycles. The van der Waals surface area contributed by atoms with Crippen molar-refractivity contribution in [1.82, 2.24) is 0 Å². The van der Waals surface area contributed by atoms with E-state index in [-0.39, 0.29) is 38.2 Å². The van der Waals surface area contributed by atoms with Crippen LogP contribution in [0.25, 0.3) is 0 Å². The van der Waals surface area contributed by atoms with E-state index >= 15 is 0 Å². The van der Waals surface area contributed by atoms with Gasteiger partial charge >= 0.3 is 17.9 Å². The zero-order chi connectivity index (χ0) is 65.4. The first-order chi connectivity index (χ1) is 44.1. The smallest absolute Gasteiger partial charge is 0.361 e. The minimum atomic E-state index is -1.51. The van der Waals surface area contributed by atoms with Crippen molar-refractivity contribution in [3.05, 3.63) is 36.5 Å². The van der Waals surface area contributed by atoms with Gasteiger partial charge in [-0.15, -0.1) is 0 Å². The minimum absolute atomic E-state index is 0.177. The molecule has 0 aromatic rings. The average molecular weight is 1270 g/mol. The van der Waals surface area contributed by atoms with Crippen LogP contribution in [0.4, 0.5) is 0 Å². The van der Waals surface area contributed by atoms with Gasteiger partial charge in [0.15, 0.2) is 6.10 Å². The second kappa shape index (κ2) is 72.3. The number of rotatable bonds is 75. The fraction of sp³-hybridized carbons (Fsp3) is 0.889. The van der Waals surface area contributed by atoms with Gasteiger partial charge < -0.3 is 28.5 Å². The number of esters is 2. The van der Waals surface area contributed by atoms with Crippen molar-refractivity contribution >= 4 is 17.9 Å². The van der Waals surface area contributed by atoms with Crippen molar-refractivity contribution in [3.8, 4) is 0 Å². The summed E-state index contributed by atoms with van der Waals surface area (Å²) >= 11 is 0. The largest absolute Gasteiger partial charge is 0.477 e. The quantitative estimate of drug-likeness (QED) is 0.0211. The van der Waals surface area contributed by atoms with Gasteiger partial charge in [-0.3, -0.25) is 9.59 Å². The van der Waals surface area contributed by atoms with Crippen LogP contribution in [-0.2, 0) is 33.3 Å². The molecule has 0 aliphatic carbocycles. The predicted molar refractivity (Wildman–Crippen MR) is 387 cm³/mol. The van der Waals surface area contributed by atoms with E-state index in [9.17, 15) is 19.5 Å². The number of nitrogens with zero attached hydrogens (tertiary/aromatic N) is 1. The number of hydrogen-bond donors (Lipinski definition) is 1. The highest BCUT2D eigenvalue weighted by Crippen LogP contribution is 2.20. The number of allylic oxidation sites excluding steroid dienone is 6. The number of carboxylic acids is 1. The van der Waals surface area contributed by atoms with Crippen molar-refractivity contribution in [1.29, 1.82) is 0 Å². The SMILES string of the molecule is CCCCCCC/C=C\C/C=C\C/C=C\CCCCCCCCCCCCCCCCC(=O)OC(COC(=O)CCCCCCCCCCCCCCCCCCCCCCCCCCCCCCCCCCCCCC)COC(OCC[N+](C)(C)C)C(=O)O. The van der Waals surface area contributed by atoms with Crippen molar-refractivity contribution in [3.63, 3.8) is 0 Å². The lowest BCUT2D eigenvalue weighted by molar-refractivity contribution is -0.870. The Hall–Kier alpha value is -2.49. The van der Waals surface area contributed by atoms with E-state index in [1.165, 1.54) is 327 Å². The van der Waals surface area contributed by atoms with Gasteiger partial charge in [0, 0.05) is 12.8 Å². The maximum absolute atomic E-state index is 13.0. The van der Waals surface area contributed by atoms with E-state index in [2.05, 4.69) is 50.3 Å². The molecule has 2 atom stereocenters. The van der Waals surface area contributed by atoms with E-state index in [0.717, 1.165) is 51.4 Å². The fourth-order valence-electron chi connectivity index (χ4n) is 12.1. The molecule has 9 heteroatoms. The average Bonchev–Trinajstić information content (AvgIpc) is 3.74. The third-order valence-corrected chi connectivity index (χ3v) is 18.1. The number of carboxylic acid groups (broad SMARTS) is 1. The molecule has 9 nitrogen and oxygen atoms in total. The third kappa shape index (κ3) is 72.9. The second-order valence-corrected chi connectivity index (χ2v) is 28.4. The zero-order valence-electron chi connectivity index (χ0n) is 60.8. The Morgan fingerprint density at radius 1 is 0.333 bits per heavy atom. The molecule has 0 spiro atoms. The van der Waals surface area contributed by atoms with Crippen LogP contribution >= 0.6 is 0 Å². The molecule has 0 heterocycles. The molecule has 0 radical (unpaired) electrons. The molecule has 2 unspecified atom stereocenters. The summed E-state index contributed by atoms with van der Waals surface area (Å²) in [6.07, 6.45) is 90.2. The number of ether oxygens (including phenoxy) is 4. The van der Waals surface area contributed by atoms with Gasteiger partial charge in [0.25, 0.3) is 6.29 Å². The van der Waals surface area contributed by atoms with Crippen LogP contribution in [0.1, 0.15) is 406 Å². The molecule has 0 saturated carbocycles. The maximum atomic E-state index is 13.0. The molecule has 0 bridgehead atoms. The van der Waals surface area contributed by atoms with Crippen LogP contribution in [0.3, 0.4) is 0 Å². The summed E-state index contributed by atoms with van der Waals surface area (Å²) in [7, 11) is 6.00. The van der Waals surface area contributed by atoms with Gasteiger partial charge in [-0.25, -0.2) is 4.79 Å². The zero-order valence-corrected chi connectivity index (χ0v) is 60.8. The predicted octanol–water partition coefficient (Wildman–Crippen LogP) is 25.1. The second-order valence-electron chi connectivity index (χ2n) is 28.4. The van der Waals surface area contributed by atoms with Crippen LogP contribution in [-0.4, -0.2) is 87.4 Å². The Labute approximate surface area is 560 Å². The Morgan fingerprint density at radius 2 is 0.600 bits per heavy atom. The number of likely N-dealkylation sites (N-methyl/N-ethyl adjacent to an activating group) is 1. The lowest BCUT2D eigenvalue weighted by Gasteiger charge is -2.25. The summed E-state index contributed by atoms with van der Waals surface area (Å²) in [5.41, 5.74) is 0. The molecule has 0 saturated heterocycles. The van der Waals surface area contributed by atoms with Crippen molar-refractivity contribution in [2.75, 3.05) is 47.5 Å². The summed E-state index contributed by atoms with van der Waals surface area (Å²) in [5, 5.41) is 9.77. The maximum Gasteiger partial charge on any atom is 0.361 e. The lowest BCUT2D eigenvalue weighted by atomic mass is 10.0. The van der Waals surface area contributed by atoms with Gasteiger partial charge in [0.2, 0.25) is 0 Å².